The standard InChI is InChI=1S/C24H22N2O8/c1-14(12-30-2)33-18-7-16(23(27)26-22-6-3-15(11-25-22)24(28)29)8-19(9-18)34-17-4-5-20-21(10-17)32-13-31-20/h3-11,14H,12-13H2,1-2H3,(H,28,29)(H,25,26,27)/t14-/m0/s1. The zero-order valence-corrected chi connectivity index (χ0v) is 18.4. The smallest absolute Gasteiger partial charge is 0.337 e. The van der Waals surface area contributed by atoms with Crippen LogP contribution in [-0.2, 0) is 4.74 Å². The SMILES string of the molecule is COC[C@H](C)Oc1cc(Oc2ccc3c(c2)OCO3)cc(C(=O)Nc2ccc(C(=O)O)cn2)c1. The number of nitrogens with zero attached hydrogens (tertiary/aromatic N) is 1. The highest BCUT2D eigenvalue weighted by molar-refractivity contribution is 6.04. The Bertz CT molecular complexity index is 1200. The molecule has 176 valence electrons. The zero-order valence-electron chi connectivity index (χ0n) is 18.4. The molecule has 2 heterocycles. The van der Waals surface area contributed by atoms with Crippen LogP contribution in [0.1, 0.15) is 27.6 Å². The largest absolute Gasteiger partial charge is 0.488 e. The molecule has 0 aliphatic carbocycles. The Morgan fingerprint density at radius 2 is 1.82 bits per heavy atom. The van der Waals surface area contributed by atoms with E-state index in [-0.39, 0.29) is 29.8 Å². The van der Waals surface area contributed by atoms with Gasteiger partial charge in [-0.3, -0.25) is 4.79 Å². The van der Waals surface area contributed by atoms with Gasteiger partial charge in [-0.15, -0.1) is 0 Å². The molecule has 0 bridgehead atoms. The fraction of sp³-hybridized carbons (Fsp3) is 0.208. The number of carbonyl (C=O) groups excluding carboxylic acids is 1. The molecule has 0 unspecified atom stereocenters. The van der Waals surface area contributed by atoms with Crippen LogP contribution in [0.25, 0.3) is 0 Å². The summed E-state index contributed by atoms with van der Waals surface area (Å²) in [6.45, 7) is 2.34. The highest BCUT2D eigenvalue weighted by Gasteiger charge is 2.17. The molecule has 2 aromatic carbocycles. The van der Waals surface area contributed by atoms with Gasteiger partial charge in [0, 0.05) is 31.0 Å². The van der Waals surface area contributed by atoms with Gasteiger partial charge in [-0.2, -0.15) is 0 Å². The molecule has 0 fully saturated rings. The lowest BCUT2D eigenvalue weighted by molar-refractivity contribution is 0.0696. The number of pyridine rings is 1. The fourth-order valence-corrected chi connectivity index (χ4v) is 3.19. The Kier molecular flexibility index (Phi) is 6.79. The van der Waals surface area contributed by atoms with E-state index < -0.39 is 11.9 Å². The van der Waals surface area contributed by atoms with Crippen LogP contribution in [0.5, 0.6) is 28.7 Å². The normalized spacial score (nSPS) is 12.6. The van der Waals surface area contributed by atoms with Crippen LogP contribution in [0.4, 0.5) is 5.82 Å². The molecule has 0 radical (unpaired) electrons. The molecule has 4 rings (SSSR count). The number of ether oxygens (including phenoxy) is 5. The Morgan fingerprint density at radius 1 is 1.03 bits per heavy atom. The minimum Gasteiger partial charge on any atom is -0.488 e. The molecule has 3 aromatic rings. The first kappa shape index (κ1) is 22.9. The molecule has 0 saturated heterocycles. The number of hydrogen-bond donors (Lipinski definition) is 2. The van der Waals surface area contributed by atoms with Gasteiger partial charge in [0.05, 0.1) is 12.2 Å². The maximum absolute atomic E-state index is 12.9. The van der Waals surface area contributed by atoms with Crippen LogP contribution in [0.2, 0.25) is 0 Å². The molecule has 10 heteroatoms. The first-order valence-electron chi connectivity index (χ1n) is 10.3. The maximum Gasteiger partial charge on any atom is 0.337 e. The van der Waals surface area contributed by atoms with E-state index >= 15 is 0 Å². The Balaban J connectivity index is 1.58. The van der Waals surface area contributed by atoms with Crippen molar-refractivity contribution in [2.24, 2.45) is 0 Å². The minimum absolute atomic E-state index is 0.0138. The van der Waals surface area contributed by atoms with Crippen molar-refractivity contribution in [1.82, 2.24) is 4.98 Å². The second-order valence-corrected chi connectivity index (χ2v) is 7.39. The lowest BCUT2D eigenvalue weighted by atomic mass is 10.1. The summed E-state index contributed by atoms with van der Waals surface area (Å²) in [6.07, 6.45) is 0.893. The topological polar surface area (TPSA) is 125 Å². The summed E-state index contributed by atoms with van der Waals surface area (Å²) >= 11 is 0. The predicted molar refractivity (Wildman–Crippen MR) is 120 cm³/mol. The molecule has 1 amide bonds. The van der Waals surface area contributed by atoms with Crippen molar-refractivity contribution < 1.29 is 38.4 Å². The summed E-state index contributed by atoms with van der Waals surface area (Å²) in [7, 11) is 1.57. The number of aromatic carboxylic acids is 1. The first-order valence-corrected chi connectivity index (χ1v) is 10.3. The average molecular weight is 466 g/mol. The molecular formula is C24H22N2O8. The molecular weight excluding hydrogens is 444 g/mol. The minimum atomic E-state index is -1.11. The van der Waals surface area contributed by atoms with Crippen LogP contribution in [0.15, 0.2) is 54.7 Å². The average Bonchev–Trinajstić information content (AvgIpc) is 3.27. The maximum atomic E-state index is 12.9. The highest BCUT2D eigenvalue weighted by atomic mass is 16.7. The summed E-state index contributed by atoms with van der Waals surface area (Å²) in [6, 6.07) is 12.7. The van der Waals surface area contributed by atoms with Crippen LogP contribution >= 0.6 is 0 Å². The summed E-state index contributed by atoms with van der Waals surface area (Å²) < 4.78 is 27.7. The van der Waals surface area contributed by atoms with E-state index in [1.54, 1.807) is 43.5 Å². The molecule has 1 atom stereocenters. The van der Waals surface area contributed by atoms with Crippen LogP contribution in [0.3, 0.4) is 0 Å². The fourth-order valence-electron chi connectivity index (χ4n) is 3.19. The van der Waals surface area contributed by atoms with Crippen molar-refractivity contribution in [1.29, 1.82) is 0 Å². The number of anilines is 1. The molecule has 1 aliphatic rings. The van der Waals surface area contributed by atoms with E-state index in [1.165, 1.54) is 12.1 Å². The Morgan fingerprint density at radius 3 is 2.56 bits per heavy atom. The Hall–Kier alpha value is -4.31. The van der Waals surface area contributed by atoms with Crippen molar-refractivity contribution in [3.63, 3.8) is 0 Å². The number of fused-ring (bicyclic) bond motifs is 1. The number of amides is 1. The molecule has 2 N–H and O–H groups in total. The number of carboxylic acids is 1. The first-order chi connectivity index (χ1) is 16.4. The van der Waals surface area contributed by atoms with Gasteiger partial charge in [-0.25, -0.2) is 9.78 Å². The molecule has 10 nitrogen and oxygen atoms in total. The number of benzene rings is 2. The number of carboxylic acid groups (broad SMARTS) is 1. The lowest BCUT2D eigenvalue weighted by Crippen LogP contribution is -2.19. The van der Waals surface area contributed by atoms with E-state index in [4.69, 9.17) is 28.8 Å². The zero-order chi connectivity index (χ0) is 24.1. The summed E-state index contributed by atoms with van der Waals surface area (Å²) in [5, 5.41) is 11.6. The highest BCUT2D eigenvalue weighted by Crippen LogP contribution is 2.37. The van der Waals surface area contributed by atoms with Gasteiger partial charge in [-0.05, 0) is 43.3 Å². The quantitative estimate of drug-likeness (QED) is 0.482. The second kappa shape index (κ2) is 10.1. The van der Waals surface area contributed by atoms with Gasteiger partial charge in [0.1, 0.15) is 29.2 Å². The van der Waals surface area contributed by atoms with E-state index in [2.05, 4.69) is 10.3 Å². The van der Waals surface area contributed by atoms with Crippen LogP contribution in [0, 0.1) is 0 Å². The second-order valence-electron chi connectivity index (χ2n) is 7.39. The van der Waals surface area contributed by atoms with Gasteiger partial charge in [-0.1, -0.05) is 0 Å². The van der Waals surface area contributed by atoms with Gasteiger partial charge < -0.3 is 34.1 Å². The Labute approximate surface area is 195 Å². The van der Waals surface area contributed by atoms with Gasteiger partial charge in [0.2, 0.25) is 6.79 Å². The number of nitrogens with one attached hydrogen (secondary N) is 1. The van der Waals surface area contributed by atoms with Crippen molar-refractivity contribution in [2.45, 2.75) is 13.0 Å². The van der Waals surface area contributed by atoms with Crippen molar-refractivity contribution in [3.05, 3.63) is 65.9 Å². The monoisotopic (exact) mass is 466 g/mol. The molecule has 0 saturated carbocycles. The van der Waals surface area contributed by atoms with Crippen LogP contribution < -0.4 is 24.3 Å². The third-order valence-electron chi connectivity index (χ3n) is 4.71. The van der Waals surface area contributed by atoms with Crippen LogP contribution in [-0.4, -0.2) is 48.6 Å². The summed E-state index contributed by atoms with van der Waals surface area (Å²) in [4.78, 5) is 27.9. The summed E-state index contributed by atoms with van der Waals surface area (Å²) in [5.74, 6) is 1.06. The number of aromatic nitrogens is 1. The molecule has 0 spiro atoms. The molecule has 34 heavy (non-hydrogen) atoms. The predicted octanol–water partition coefficient (Wildman–Crippen LogP) is 3.97. The summed E-state index contributed by atoms with van der Waals surface area (Å²) in [5.41, 5.74) is 0.266. The number of carbonyl (C=O) groups is 2. The van der Waals surface area contributed by atoms with Crippen molar-refractivity contribution in [2.75, 3.05) is 25.8 Å². The van der Waals surface area contributed by atoms with Gasteiger partial charge in [0.15, 0.2) is 11.5 Å². The van der Waals surface area contributed by atoms with E-state index in [0.717, 1.165) is 6.20 Å². The number of methoxy groups -OCH3 is 1. The van der Waals surface area contributed by atoms with Crippen molar-refractivity contribution in [3.8, 4) is 28.7 Å². The molecule has 1 aromatic heterocycles. The lowest BCUT2D eigenvalue weighted by Gasteiger charge is -2.16. The van der Waals surface area contributed by atoms with Gasteiger partial charge >= 0.3 is 5.97 Å². The number of rotatable bonds is 9. The van der Waals surface area contributed by atoms with E-state index in [9.17, 15) is 9.59 Å². The van der Waals surface area contributed by atoms with Gasteiger partial charge in [0.25, 0.3) is 5.91 Å². The van der Waals surface area contributed by atoms with E-state index in [0.29, 0.717) is 35.4 Å². The molecule has 1 aliphatic heterocycles. The van der Waals surface area contributed by atoms with Crippen molar-refractivity contribution >= 4 is 17.7 Å². The third-order valence-corrected chi connectivity index (χ3v) is 4.71. The third kappa shape index (κ3) is 5.54. The number of hydrogen-bond acceptors (Lipinski definition) is 8. The van der Waals surface area contributed by atoms with E-state index in [1.807, 2.05) is 6.92 Å².